The lowest BCUT2D eigenvalue weighted by molar-refractivity contribution is 0.504. The van der Waals surface area contributed by atoms with Crippen LogP contribution in [-0.4, -0.2) is 13.1 Å². The minimum Gasteiger partial charge on any atom is -0.311 e. The summed E-state index contributed by atoms with van der Waals surface area (Å²) in [5.41, 5.74) is 2.71. The number of nitrogens with one attached hydrogen (secondary N) is 2. The monoisotopic (exact) mass is 268 g/mol. The second-order valence-electron chi connectivity index (χ2n) is 4.99. The SMILES string of the molecule is CCC(NCCNCc1ccccc1)c1ccccc1. The lowest BCUT2D eigenvalue weighted by atomic mass is 10.0. The van der Waals surface area contributed by atoms with Crippen molar-refractivity contribution in [2.75, 3.05) is 13.1 Å². The molecule has 2 heteroatoms. The molecule has 20 heavy (non-hydrogen) atoms. The van der Waals surface area contributed by atoms with E-state index in [1.54, 1.807) is 0 Å². The molecule has 0 saturated heterocycles. The maximum absolute atomic E-state index is 3.61. The second kappa shape index (κ2) is 8.51. The van der Waals surface area contributed by atoms with Crippen LogP contribution < -0.4 is 10.6 Å². The van der Waals surface area contributed by atoms with E-state index in [2.05, 4.69) is 78.2 Å². The van der Waals surface area contributed by atoms with Crippen LogP contribution in [0, 0.1) is 0 Å². The van der Waals surface area contributed by atoms with E-state index in [1.165, 1.54) is 11.1 Å². The molecule has 2 N–H and O–H groups in total. The normalized spacial score (nSPS) is 12.2. The Hall–Kier alpha value is -1.64. The van der Waals surface area contributed by atoms with Crippen LogP contribution in [0.4, 0.5) is 0 Å². The van der Waals surface area contributed by atoms with E-state index < -0.39 is 0 Å². The summed E-state index contributed by atoms with van der Waals surface area (Å²) >= 11 is 0. The van der Waals surface area contributed by atoms with E-state index in [4.69, 9.17) is 0 Å². The second-order valence-corrected chi connectivity index (χ2v) is 4.99. The molecule has 106 valence electrons. The molecular weight excluding hydrogens is 244 g/mol. The van der Waals surface area contributed by atoms with Crippen molar-refractivity contribution in [2.24, 2.45) is 0 Å². The van der Waals surface area contributed by atoms with Crippen molar-refractivity contribution < 1.29 is 0 Å². The summed E-state index contributed by atoms with van der Waals surface area (Å²) < 4.78 is 0. The molecule has 0 heterocycles. The molecule has 0 spiro atoms. The van der Waals surface area contributed by atoms with Gasteiger partial charge < -0.3 is 10.6 Å². The van der Waals surface area contributed by atoms with Crippen LogP contribution in [-0.2, 0) is 6.54 Å². The number of hydrogen-bond donors (Lipinski definition) is 2. The fraction of sp³-hybridized carbons (Fsp3) is 0.333. The van der Waals surface area contributed by atoms with Gasteiger partial charge in [0.2, 0.25) is 0 Å². The van der Waals surface area contributed by atoms with Gasteiger partial charge in [0, 0.05) is 25.7 Å². The lowest BCUT2D eigenvalue weighted by Gasteiger charge is -2.17. The van der Waals surface area contributed by atoms with Gasteiger partial charge in [-0.2, -0.15) is 0 Å². The molecule has 1 unspecified atom stereocenters. The zero-order chi connectivity index (χ0) is 14.0. The van der Waals surface area contributed by atoms with Crippen LogP contribution in [0.25, 0.3) is 0 Å². The number of hydrogen-bond acceptors (Lipinski definition) is 2. The first-order valence-corrected chi connectivity index (χ1v) is 7.43. The topological polar surface area (TPSA) is 24.1 Å². The number of rotatable bonds is 8. The highest BCUT2D eigenvalue weighted by atomic mass is 15.0. The summed E-state index contributed by atoms with van der Waals surface area (Å²) in [7, 11) is 0. The van der Waals surface area contributed by atoms with E-state index >= 15 is 0 Å². The van der Waals surface area contributed by atoms with E-state index in [0.29, 0.717) is 6.04 Å². The molecule has 0 fully saturated rings. The van der Waals surface area contributed by atoms with Crippen molar-refractivity contribution in [1.29, 1.82) is 0 Å². The third-order valence-corrected chi connectivity index (χ3v) is 3.47. The first kappa shape index (κ1) is 14.8. The first-order chi connectivity index (χ1) is 9.90. The average molecular weight is 268 g/mol. The van der Waals surface area contributed by atoms with Gasteiger partial charge in [-0.25, -0.2) is 0 Å². The summed E-state index contributed by atoms with van der Waals surface area (Å²) in [4.78, 5) is 0. The molecule has 2 rings (SSSR count). The lowest BCUT2D eigenvalue weighted by Crippen LogP contribution is -2.29. The summed E-state index contributed by atoms with van der Waals surface area (Å²) in [6.07, 6.45) is 1.11. The van der Waals surface area contributed by atoms with Crippen LogP contribution in [0.3, 0.4) is 0 Å². The van der Waals surface area contributed by atoms with Crippen molar-refractivity contribution in [1.82, 2.24) is 10.6 Å². The zero-order valence-electron chi connectivity index (χ0n) is 12.2. The molecule has 2 aromatic rings. The summed E-state index contributed by atoms with van der Waals surface area (Å²) in [6.45, 7) is 5.13. The van der Waals surface area contributed by atoms with Crippen LogP contribution in [0.15, 0.2) is 60.7 Å². The maximum atomic E-state index is 3.61. The van der Waals surface area contributed by atoms with Gasteiger partial charge in [-0.15, -0.1) is 0 Å². The molecule has 0 bridgehead atoms. The van der Waals surface area contributed by atoms with Crippen molar-refractivity contribution in [3.05, 3.63) is 71.8 Å². The van der Waals surface area contributed by atoms with Gasteiger partial charge in [-0.1, -0.05) is 67.6 Å². The Balaban J connectivity index is 1.67. The van der Waals surface area contributed by atoms with Gasteiger partial charge in [0.15, 0.2) is 0 Å². The largest absolute Gasteiger partial charge is 0.311 e. The Bertz CT molecular complexity index is 467. The smallest absolute Gasteiger partial charge is 0.0318 e. The van der Waals surface area contributed by atoms with E-state index in [-0.39, 0.29) is 0 Å². The molecular formula is C18H24N2. The van der Waals surface area contributed by atoms with E-state index in [9.17, 15) is 0 Å². The van der Waals surface area contributed by atoms with Crippen LogP contribution in [0.1, 0.15) is 30.5 Å². The standard InChI is InChI=1S/C18H24N2/c1-2-18(17-11-7-4-8-12-17)20-14-13-19-15-16-9-5-3-6-10-16/h3-12,18-20H,2,13-15H2,1H3. The predicted octanol–water partition coefficient (Wildman–Crippen LogP) is 3.52. The molecule has 0 radical (unpaired) electrons. The van der Waals surface area contributed by atoms with Gasteiger partial charge in [-0.3, -0.25) is 0 Å². The minimum absolute atomic E-state index is 0.453. The highest BCUT2D eigenvalue weighted by molar-refractivity contribution is 5.18. The van der Waals surface area contributed by atoms with Crippen molar-refractivity contribution in [3.8, 4) is 0 Å². The molecule has 2 aromatic carbocycles. The average Bonchev–Trinajstić information content (AvgIpc) is 2.53. The van der Waals surface area contributed by atoms with Crippen LogP contribution in [0.2, 0.25) is 0 Å². The Kier molecular flexibility index (Phi) is 6.28. The minimum atomic E-state index is 0.453. The fourth-order valence-electron chi connectivity index (χ4n) is 2.35. The summed E-state index contributed by atoms with van der Waals surface area (Å²) in [6, 6.07) is 21.6. The predicted molar refractivity (Wildman–Crippen MR) is 85.6 cm³/mol. The van der Waals surface area contributed by atoms with Crippen molar-refractivity contribution in [2.45, 2.75) is 25.9 Å². The molecule has 0 aromatic heterocycles. The highest BCUT2D eigenvalue weighted by Gasteiger charge is 2.06. The molecule has 0 saturated carbocycles. The third-order valence-electron chi connectivity index (χ3n) is 3.47. The van der Waals surface area contributed by atoms with Crippen molar-refractivity contribution in [3.63, 3.8) is 0 Å². The molecule has 0 amide bonds. The molecule has 0 aliphatic rings. The number of benzene rings is 2. The Morgan fingerprint density at radius 3 is 2.15 bits per heavy atom. The molecule has 2 nitrogen and oxygen atoms in total. The van der Waals surface area contributed by atoms with Gasteiger partial charge in [0.1, 0.15) is 0 Å². The Morgan fingerprint density at radius 2 is 1.50 bits per heavy atom. The van der Waals surface area contributed by atoms with Gasteiger partial charge in [0.05, 0.1) is 0 Å². The Labute approximate surface area is 122 Å². The fourth-order valence-corrected chi connectivity index (χ4v) is 2.35. The van der Waals surface area contributed by atoms with E-state index in [1.807, 2.05) is 0 Å². The highest BCUT2D eigenvalue weighted by Crippen LogP contribution is 2.15. The maximum Gasteiger partial charge on any atom is 0.0318 e. The van der Waals surface area contributed by atoms with Crippen LogP contribution >= 0.6 is 0 Å². The van der Waals surface area contributed by atoms with Crippen molar-refractivity contribution >= 4 is 0 Å². The summed E-state index contributed by atoms with van der Waals surface area (Å²) in [5, 5.41) is 7.08. The quantitative estimate of drug-likeness (QED) is 0.716. The molecule has 0 aliphatic heterocycles. The van der Waals surface area contributed by atoms with Gasteiger partial charge in [-0.05, 0) is 17.5 Å². The summed E-state index contributed by atoms with van der Waals surface area (Å²) in [5.74, 6) is 0. The van der Waals surface area contributed by atoms with Gasteiger partial charge in [0.25, 0.3) is 0 Å². The molecule has 0 aliphatic carbocycles. The Morgan fingerprint density at radius 1 is 0.850 bits per heavy atom. The first-order valence-electron chi connectivity index (χ1n) is 7.43. The van der Waals surface area contributed by atoms with Gasteiger partial charge >= 0.3 is 0 Å². The van der Waals surface area contributed by atoms with Crippen LogP contribution in [0.5, 0.6) is 0 Å². The molecule has 1 atom stereocenters. The zero-order valence-corrected chi connectivity index (χ0v) is 12.2. The van der Waals surface area contributed by atoms with E-state index in [0.717, 1.165) is 26.1 Å². The third kappa shape index (κ3) is 4.80.